The summed E-state index contributed by atoms with van der Waals surface area (Å²) < 4.78 is 5.46. The molecule has 0 aliphatic heterocycles. The van der Waals surface area contributed by atoms with E-state index in [0.29, 0.717) is 17.6 Å². The van der Waals surface area contributed by atoms with E-state index in [1.165, 1.54) is 32.1 Å². The summed E-state index contributed by atoms with van der Waals surface area (Å²) in [6, 6.07) is 0.643. The third-order valence-corrected chi connectivity index (χ3v) is 4.08. The van der Waals surface area contributed by atoms with Crippen molar-refractivity contribution >= 4 is 11.6 Å². The number of methoxy groups -OCH3 is 1. The summed E-state index contributed by atoms with van der Waals surface area (Å²) in [5.74, 6) is 0.776. The van der Waals surface area contributed by atoms with Gasteiger partial charge in [0, 0.05) is 25.6 Å². The maximum absolute atomic E-state index is 5.76. The molecule has 1 rings (SSSR count). The lowest BCUT2D eigenvalue weighted by Crippen LogP contribution is -2.41. The summed E-state index contributed by atoms with van der Waals surface area (Å²) in [6.45, 7) is 5.73. The molecule has 0 bridgehead atoms. The normalized spacial score (nSPS) is 26.1. The lowest BCUT2D eigenvalue weighted by molar-refractivity contribution is 0.0570. The molecule has 0 radical (unpaired) electrons. The zero-order valence-corrected chi connectivity index (χ0v) is 12.4. The fourth-order valence-electron chi connectivity index (χ4n) is 2.60. The van der Waals surface area contributed by atoms with Crippen molar-refractivity contribution in [3.63, 3.8) is 0 Å². The van der Waals surface area contributed by atoms with E-state index in [1.54, 1.807) is 0 Å². The van der Waals surface area contributed by atoms with Gasteiger partial charge in [0.1, 0.15) is 0 Å². The molecule has 2 atom stereocenters. The second kappa shape index (κ2) is 7.60. The molecular weight excluding hydrogens is 234 g/mol. The Bertz CT molecular complexity index is 208. The lowest BCUT2D eigenvalue weighted by Gasteiger charge is -2.32. The van der Waals surface area contributed by atoms with Gasteiger partial charge in [-0.05, 0) is 43.9 Å². The van der Waals surface area contributed by atoms with Crippen LogP contribution >= 0.6 is 11.6 Å². The second-order valence-corrected chi connectivity index (χ2v) is 6.44. The van der Waals surface area contributed by atoms with Crippen LogP contribution in [0.2, 0.25) is 0 Å². The topological polar surface area (TPSA) is 21.3 Å². The third-order valence-electron chi connectivity index (χ3n) is 3.82. The molecule has 0 amide bonds. The number of hydrogen-bond donors (Lipinski definition) is 1. The summed E-state index contributed by atoms with van der Waals surface area (Å²) in [6.07, 6.45) is 7.76. The molecule has 1 saturated carbocycles. The Labute approximate surface area is 111 Å². The molecule has 1 N–H and O–H groups in total. The third kappa shape index (κ3) is 6.08. The van der Waals surface area contributed by atoms with Gasteiger partial charge in [0.15, 0.2) is 0 Å². The fourth-order valence-corrected chi connectivity index (χ4v) is 2.73. The van der Waals surface area contributed by atoms with Crippen molar-refractivity contribution in [1.29, 1.82) is 0 Å². The summed E-state index contributed by atoms with van der Waals surface area (Å²) in [4.78, 5) is 0. The first-order chi connectivity index (χ1) is 8.07. The number of alkyl halides is 1. The Morgan fingerprint density at radius 3 is 2.76 bits per heavy atom. The Morgan fingerprint density at radius 2 is 2.12 bits per heavy atom. The predicted molar refractivity (Wildman–Crippen MR) is 74.8 cm³/mol. The van der Waals surface area contributed by atoms with Crippen molar-refractivity contribution in [2.45, 2.75) is 64.5 Å². The Morgan fingerprint density at radius 1 is 1.35 bits per heavy atom. The minimum Gasteiger partial charge on any atom is -0.381 e. The van der Waals surface area contributed by atoms with Crippen molar-refractivity contribution in [2.75, 3.05) is 19.5 Å². The lowest BCUT2D eigenvalue weighted by atomic mass is 9.86. The van der Waals surface area contributed by atoms with Crippen molar-refractivity contribution in [2.24, 2.45) is 5.41 Å². The largest absolute Gasteiger partial charge is 0.381 e. The van der Waals surface area contributed by atoms with Crippen LogP contribution in [0.4, 0.5) is 0 Å². The molecule has 3 heteroatoms. The molecule has 2 unspecified atom stereocenters. The molecule has 1 aliphatic rings. The Balaban J connectivity index is 2.24. The maximum atomic E-state index is 5.76. The zero-order valence-electron chi connectivity index (χ0n) is 11.6. The number of nitrogens with one attached hydrogen (secondary N) is 1. The van der Waals surface area contributed by atoms with Gasteiger partial charge in [0.05, 0.1) is 6.10 Å². The molecule has 17 heavy (non-hydrogen) atoms. The van der Waals surface area contributed by atoms with Crippen LogP contribution in [0.3, 0.4) is 0 Å². The molecule has 0 aromatic carbocycles. The summed E-state index contributed by atoms with van der Waals surface area (Å²) in [5.41, 5.74) is 0.356. The molecule has 2 nitrogen and oxygen atoms in total. The Kier molecular flexibility index (Phi) is 6.83. The van der Waals surface area contributed by atoms with Gasteiger partial charge in [0.2, 0.25) is 0 Å². The van der Waals surface area contributed by atoms with E-state index < -0.39 is 0 Å². The minimum absolute atomic E-state index is 0.356. The van der Waals surface area contributed by atoms with Gasteiger partial charge in [0.25, 0.3) is 0 Å². The van der Waals surface area contributed by atoms with Gasteiger partial charge in [-0.3, -0.25) is 0 Å². The van der Waals surface area contributed by atoms with Crippen LogP contribution in [0.25, 0.3) is 0 Å². The zero-order chi connectivity index (χ0) is 12.7. The summed E-state index contributed by atoms with van der Waals surface area (Å²) >= 11 is 5.76. The summed E-state index contributed by atoms with van der Waals surface area (Å²) in [7, 11) is 1.83. The van der Waals surface area contributed by atoms with Gasteiger partial charge in [-0.2, -0.15) is 0 Å². The number of rotatable bonds is 7. The monoisotopic (exact) mass is 261 g/mol. The number of hydrogen-bond acceptors (Lipinski definition) is 2. The van der Waals surface area contributed by atoms with Crippen LogP contribution in [0, 0.1) is 5.41 Å². The fraction of sp³-hybridized carbons (Fsp3) is 1.00. The van der Waals surface area contributed by atoms with Crippen LogP contribution < -0.4 is 5.32 Å². The van der Waals surface area contributed by atoms with Gasteiger partial charge >= 0.3 is 0 Å². The van der Waals surface area contributed by atoms with E-state index in [1.807, 2.05) is 7.11 Å². The van der Waals surface area contributed by atoms with Crippen LogP contribution in [0.1, 0.15) is 52.4 Å². The van der Waals surface area contributed by atoms with Crippen LogP contribution in [-0.2, 0) is 4.74 Å². The molecule has 0 aromatic heterocycles. The number of halogens is 1. The molecule has 0 heterocycles. The molecule has 0 spiro atoms. The van der Waals surface area contributed by atoms with Crippen molar-refractivity contribution in [1.82, 2.24) is 5.32 Å². The minimum atomic E-state index is 0.356. The average Bonchev–Trinajstić information content (AvgIpc) is 2.34. The van der Waals surface area contributed by atoms with Crippen LogP contribution in [-0.4, -0.2) is 31.7 Å². The number of ether oxygens (including phenoxy) is 1. The Hall–Kier alpha value is 0.210. The van der Waals surface area contributed by atoms with Crippen molar-refractivity contribution in [3.05, 3.63) is 0 Å². The highest BCUT2D eigenvalue weighted by atomic mass is 35.5. The van der Waals surface area contributed by atoms with E-state index >= 15 is 0 Å². The molecule has 0 aromatic rings. The second-order valence-electron chi connectivity index (χ2n) is 6.06. The van der Waals surface area contributed by atoms with Gasteiger partial charge < -0.3 is 10.1 Å². The van der Waals surface area contributed by atoms with Gasteiger partial charge in [-0.15, -0.1) is 11.6 Å². The molecular formula is C14H28ClNO. The highest BCUT2D eigenvalue weighted by molar-refractivity contribution is 6.17. The highest BCUT2D eigenvalue weighted by Gasteiger charge is 2.24. The first kappa shape index (κ1) is 15.3. The van der Waals surface area contributed by atoms with E-state index in [2.05, 4.69) is 19.2 Å². The van der Waals surface area contributed by atoms with E-state index in [-0.39, 0.29) is 0 Å². The van der Waals surface area contributed by atoms with Gasteiger partial charge in [-0.25, -0.2) is 0 Å². The van der Waals surface area contributed by atoms with E-state index in [4.69, 9.17) is 16.3 Å². The van der Waals surface area contributed by atoms with Crippen molar-refractivity contribution < 1.29 is 4.74 Å². The molecule has 1 aliphatic carbocycles. The van der Waals surface area contributed by atoms with E-state index in [0.717, 1.165) is 18.8 Å². The first-order valence-corrected chi connectivity index (χ1v) is 7.43. The van der Waals surface area contributed by atoms with Crippen LogP contribution in [0.5, 0.6) is 0 Å². The standard InChI is InChI=1S/C14H28ClNO/c1-14(2,8-5-9-15)11-16-12-6-4-7-13(10-12)17-3/h12-13,16H,4-11H2,1-3H3. The maximum Gasteiger partial charge on any atom is 0.0586 e. The highest BCUT2D eigenvalue weighted by Crippen LogP contribution is 2.24. The first-order valence-electron chi connectivity index (χ1n) is 6.89. The SMILES string of the molecule is COC1CCCC(NCC(C)(C)CCCCl)C1. The molecule has 102 valence electrons. The van der Waals surface area contributed by atoms with E-state index in [9.17, 15) is 0 Å². The molecule has 1 fully saturated rings. The summed E-state index contributed by atoms with van der Waals surface area (Å²) in [5, 5.41) is 3.71. The quantitative estimate of drug-likeness (QED) is 0.708. The van der Waals surface area contributed by atoms with Crippen LogP contribution in [0.15, 0.2) is 0 Å². The average molecular weight is 262 g/mol. The molecule has 0 saturated heterocycles. The van der Waals surface area contributed by atoms with Crippen molar-refractivity contribution in [3.8, 4) is 0 Å². The predicted octanol–water partition coefficient (Wildman–Crippen LogP) is 3.58. The smallest absolute Gasteiger partial charge is 0.0586 e. The van der Waals surface area contributed by atoms with Gasteiger partial charge in [-0.1, -0.05) is 13.8 Å².